The number of hydrogen-bond acceptors (Lipinski definition) is 3. The normalized spacial score (nSPS) is 17.4. The van der Waals surface area contributed by atoms with Gasteiger partial charge < -0.3 is 15.6 Å². The Hall–Kier alpha value is -2.33. The van der Waals surface area contributed by atoms with Crippen molar-refractivity contribution in [2.75, 3.05) is 18.0 Å². The summed E-state index contributed by atoms with van der Waals surface area (Å²) in [5.41, 5.74) is 11.8. The van der Waals surface area contributed by atoms with E-state index in [1.807, 2.05) is 12.4 Å². The van der Waals surface area contributed by atoms with Gasteiger partial charge in [0.05, 0.1) is 0 Å². The number of H-pyrrole nitrogens is 1. The van der Waals surface area contributed by atoms with Gasteiger partial charge in [0.15, 0.2) is 0 Å². The van der Waals surface area contributed by atoms with Crippen molar-refractivity contribution < 1.29 is 0 Å². The van der Waals surface area contributed by atoms with E-state index in [4.69, 9.17) is 5.73 Å². The molecule has 3 heterocycles. The van der Waals surface area contributed by atoms with Gasteiger partial charge in [0.25, 0.3) is 0 Å². The molecular weight excluding hydrogens is 332 g/mol. The molecule has 1 saturated heterocycles. The maximum Gasteiger partial charge on any atom is 0.139 e. The molecule has 0 atom stereocenters. The zero-order valence-electron chi connectivity index (χ0n) is 16.6. The van der Waals surface area contributed by atoms with Crippen LogP contribution >= 0.6 is 0 Å². The van der Waals surface area contributed by atoms with E-state index in [1.54, 1.807) is 0 Å². The summed E-state index contributed by atoms with van der Waals surface area (Å²) < 4.78 is 0. The van der Waals surface area contributed by atoms with E-state index < -0.39 is 0 Å². The summed E-state index contributed by atoms with van der Waals surface area (Å²) in [6, 6.07) is 13.3. The highest BCUT2D eigenvalue weighted by Gasteiger charge is 2.31. The third kappa shape index (κ3) is 3.72. The Morgan fingerprint density at radius 1 is 1.07 bits per heavy atom. The Kier molecular flexibility index (Phi) is 4.47. The van der Waals surface area contributed by atoms with Crippen LogP contribution in [0.1, 0.15) is 44.7 Å². The van der Waals surface area contributed by atoms with Gasteiger partial charge in [0, 0.05) is 42.1 Å². The summed E-state index contributed by atoms with van der Waals surface area (Å²) in [4.78, 5) is 10.0. The Morgan fingerprint density at radius 3 is 2.44 bits per heavy atom. The average molecular weight is 363 g/mol. The van der Waals surface area contributed by atoms with Gasteiger partial charge in [-0.1, -0.05) is 45.0 Å². The lowest BCUT2D eigenvalue weighted by Crippen LogP contribution is -2.52. The molecule has 1 aliphatic rings. The lowest BCUT2D eigenvalue weighted by molar-refractivity contribution is 0.331. The number of pyridine rings is 1. The van der Waals surface area contributed by atoms with Gasteiger partial charge in [-0.05, 0) is 47.9 Å². The van der Waals surface area contributed by atoms with Crippen molar-refractivity contribution in [2.24, 2.45) is 5.73 Å². The first-order valence-corrected chi connectivity index (χ1v) is 9.89. The third-order valence-electron chi connectivity index (χ3n) is 5.91. The minimum atomic E-state index is -0.121. The van der Waals surface area contributed by atoms with Crippen molar-refractivity contribution in [3.63, 3.8) is 0 Å². The fourth-order valence-corrected chi connectivity index (χ4v) is 4.12. The quantitative estimate of drug-likeness (QED) is 0.726. The number of fused-ring (bicyclic) bond motifs is 1. The molecule has 1 fully saturated rings. The van der Waals surface area contributed by atoms with Crippen molar-refractivity contribution in [1.29, 1.82) is 0 Å². The van der Waals surface area contributed by atoms with Crippen LogP contribution in [0.25, 0.3) is 11.0 Å². The molecule has 3 aromatic rings. The predicted molar refractivity (Wildman–Crippen MR) is 113 cm³/mol. The maximum absolute atomic E-state index is 6.80. The number of rotatable bonds is 3. The summed E-state index contributed by atoms with van der Waals surface area (Å²) in [6.07, 6.45) is 6.79. The lowest BCUT2D eigenvalue weighted by Gasteiger charge is -2.40. The van der Waals surface area contributed by atoms with Crippen LogP contribution in [0.3, 0.4) is 0 Å². The third-order valence-corrected chi connectivity index (χ3v) is 5.91. The highest BCUT2D eigenvalue weighted by atomic mass is 15.1. The molecule has 0 radical (unpaired) electrons. The molecule has 142 valence electrons. The van der Waals surface area contributed by atoms with E-state index in [-0.39, 0.29) is 11.0 Å². The molecule has 4 rings (SSSR count). The number of piperidine rings is 1. The molecule has 0 spiro atoms. The Morgan fingerprint density at radius 2 is 1.78 bits per heavy atom. The largest absolute Gasteiger partial charge is 0.371 e. The average Bonchev–Trinajstić information content (AvgIpc) is 3.11. The molecule has 3 N–H and O–H groups in total. The second-order valence-electron chi connectivity index (χ2n) is 9.04. The van der Waals surface area contributed by atoms with Gasteiger partial charge in [0.1, 0.15) is 5.65 Å². The molecule has 0 bridgehead atoms. The summed E-state index contributed by atoms with van der Waals surface area (Å²) >= 11 is 0. The fourth-order valence-electron chi connectivity index (χ4n) is 4.12. The first-order chi connectivity index (χ1) is 12.8. The molecule has 0 unspecified atom stereocenters. The molecule has 27 heavy (non-hydrogen) atoms. The highest BCUT2D eigenvalue weighted by Crippen LogP contribution is 2.31. The molecule has 4 heteroatoms. The predicted octanol–water partition coefficient (Wildman–Crippen LogP) is 4.40. The van der Waals surface area contributed by atoms with Gasteiger partial charge in [-0.15, -0.1) is 0 Å². The zero-order chi connectivity index (χ0) is 19.1. The van der Waals surface area contributed by atoms with Crippen molar-refractivity contribution >= 4 is 16.7 Å². The summed E-state index contributed by atoms with van der Waals surface area (Å²) in [5, 5.41) is 1.19. The maximum atomic E-state index is 6.80. The monoisotopic (exact) mass is 362 g/mol. The topological polar surface area (TPSA) is 57.9 Å². The van der Waals surface area contributed by atoms with Gasteiger partial charge >= 0.3 is 0 Å². The molecule has 2 aromatic heterocycles. The van der Waals surface area contributed by atoms with Crippen molar-refractivity contribution in [1.82, 2.24) is 9.97 Å². The van der Waals surface area contributed by atoms with E-state index in [0.29, 0.717) is 0 Å². The number of nitrogens with two attached hydrogens (primary N) is 1. The van der Waals surface area contributed by atoms with Gasteiger partial charge in [0.2, 0.25) is 0 Å². The number of aromatic amines is 1. The van der Waals surface area contributed by atoms with E-state index in [0.717, 1.165) is 38.0 Å². The highest BCUT2D eigenvalue weighted by molar-refractivity contribution is 5.89. The SMILES string of the molecule is CC(C)(C)c1ccc(CC2(N)CCN(c3ccnc4[nH]ccc34)CC2)cc1. The fraction of sp³-hybridized carbons (Fsp3) is 0.435. The number of benzene rings is 1. The van der Waals surface area contributed by atoms with Crippen LogP contribution in [0.5, 0.6) is 0 Å². The second kappa shape index (κ2) is 6.68. The molecule has 1 aromatic carbocycles. The van der Waals surface area contributed by atoms with Crippen LogP contribution in [0.2, 0.25) is 0 Å². The number of anilines is 1. The van der Waals surface area contributed by atoms with E-state index >= 15 is 0 Å². The second-order valence-corrected chi connectivity index (χ2v) is 9.04. The van der Waals surface area contributed by atoms with Crippen molar-refractivity contribution in [3.8, 4) is 0 Å². The molecule has 4 nitrogen and oxygen atoms in total. The number of aromatic nitrogens is 2. The summed E-state index contributed by atoms with van der Waals surface area (Å²) in [7, 11) is 0. The van der Waals surface area contributed by atoms with Crippen LogP contribution in [0, 0.1) is 0 Å². The first-order valence-electron chi connectivity index (χ1n) is 9.89. The Bertz CT molecular complexity index is 909. The molecule has 0 amide bonds. The van der Waals surface area contributed by atoms with E-state index in [9.17, 15) is 0 Å². The summed E-state index contributed by atoms with van der Waals surface area (Å²) in [6.45, 7) is 8.73. The number of nitrogens with one attached hydrogen (secondary N) is 1. The van der Waals surface area contributed by atoms with Crippen molar-refractivity contribution in [2.45, 2.75) is 51.0 Å². The van der Waals surface area contributed by atoms with Crippen LogP contribution in [-0.2, 0) is 11.8 Å². The van der Waals surface area contributed by atoms with Crippen LogP contribution < -0.4 is 10.6 Å². The molecular formula is C23H30N4. The molecule has 0 saturated carbocycles. The van der Waals surface area contributed by atoms with E-state index in [1.165, 1.54) is 22.2 Å². The Balaban J connectivity index is 1.44. The standard InChI is InChI=1S/C23H30N4/c1-22(2,3)18-6-4-17(5-7-18)16-23(24)10-14-27(15-11-23)20-9-13-26-21-19(20)8-12-25-21/h4-9,12-13H,10-11,14-16,24H2,1-3H3,(H,25,26). The first kappa shape index (κ1) is 18.1. The van der Waals surface area contributed by atoms with Gasteiger partial charge in [-0.2, -0.15) is 0 Å². The number of nitrogens with zero attached hydrogens (tertiary/aromatic N) is 2. The van der Waals surface area contributed by atoms with Gasteiger partial charge in [-0.25, -0.2) is 4.98 Å². The van der Waals surface area contributed by atoms with Gasteiger partial charge in [-0.3, -0.25) is 0 Å². The minimum absolute atomic E-state index is 0.121. The van der Waals surface area contributed by atoms with Crippen LogP contribution in [0.4, 0.5) is 5.69 Å². The van der Waals surface area contributed by atoms with Crippen molar-refractivity contribution in [3.05, 3.63) is 59.9 Å². The zero-order valence-corrected chi connectivity index (χ0v) is 16.6. The number of hydrogen-bond donors (Lipinski definition) is 2. The Labute approximate surface area is 161 Å². The smallest absolute Gasteiger partial charge is 0.139 e. The van der Waals surface area contributed by atoms with Crippen LogP contribution in [0.15, 0.2) is 48.8 Å². The van der Waals surface area contributed by atoms with Crippen LogP contribution in [-0.4, -0.2) is 28.6 Å². The summed E-state index contributed by atoms with van der Waals surface area (Å²) in [5.74, 6) is 0. The molecule has 1 aliphatic heterocycles. The molecule has 0 aliphatic carbocycles. The lowest BCUT2D eigenvalue weighted by atomic mass is 9.81. The van der Waals surface area contributed by atoms with E-state index in [2.05, 4.69) is 72.0 Å². The minimum Gasteiger partial charge on any atom is -0.371 e.